The van der Waals surface area contributed by atoms with E-state index in [1.807, 2.05) is 32.0 Å². The van der Waals surface area contributed by atoms with Gasteiger partial charge in [0, 0.05) is 7.11 Å². The molecule has 5 heteroatoms. The third kappa shape index (κ3) is 5.55. The highest BCUT2D eigenvalue weighted by atomic mass is 16.5. The molecule has 1 rings (SSSR count). The highest BCUT2D eigenvalue weighted by Gasteiger charge is 2.29. The van der Waals surface area contributed by atoms with Crippen LogP contribution in [0.15, 0.2) is 18.2 Å². The summed E-state index contributed by atoms with van der Waals surface area (Å²) < 4.78 is 5.02. The molecule has 0 heterocycles. The van der Waals surface area contributed by atoms with Gasteiger partial charge in [-0.25, -0.2) is 0 Å². The van der Waals surface area contributed by atoms with Crippen LogP contribution in [0.2, 0.25) is 0 Å². The lowest BCUT2D eigenvalue weighted by Gasteiger charge is -2.28. The molecule has 116 valence electrons. The van der Waals surface area contributed by atoms with Crippen molar-refractivity contribution < 1.29 is 19.4 Å². The number of hydrogen-bond donors (Lipinski definition) is 2. The predicted molar refractivity (Wildman–Crippen MR) is 80.3 cm³/mol. The van der Waals surface area contributed by atoms with Gasteiger partial charge in [-0.1, -0.05) is 23.8 Å². The lowest BCUT2D eigenvalue weighted by atomic mass is 9.97. The Labute approximate surface area is 125 Å². The summed E-state index contributed by atoms with van der Waals surface area (Å²) in [7, 11) is 1.48. The number of carboxylic acids is 1. The molecule has 1 amide bonds. The van der Waals surface area contributed by atoms with Crippen LogP contribution >= 0.6 is 0 Å². The largest absolute Gasteiger partial charge is 0.481 e. The monoisotopic (exact) mass is 293 g/mol. The van der Waals surface area contributed by atoms with Crippen molar-refractivity contribution in [3.05, 3.63) is 34.9 Å². The molecule has 0 radical (unpaired) electrons. The van der Waals surface area contributed by atoms with E-state index in [0.717, 1.165) is 16.7 Å². The van der Waals surface area contributed by atoms with Crippen molar-refractivity contribution in [2.45, 2.75) is 39.2 Å². The number of rotatable bonds is 7. The van der Waals surface area contributed by atoms with Crippen LogP contribution in [0.1, 0.15) is 30.0 Å². The van der Waals surface area contributed by atoms with Crippen molar-refractivity contribution >= 4 is 11.9 Å². The van der Waals surface area contributed by atoms with Gasteiger partial charge in [-0.3, -0.25) is 9.59 Å². The molecule has 2 N–H and O–H groups in total. The second-order valence-electron chi connectivity index (χ2n) is 5.72. The smallest absolute Gasteiger partial charge is 0.305 e. The molecule has 1 unspecified atom stereocenters. The topological polar surface area (TPSA) is 75.6 Å². The van der Waals surface area contributed by atoms with Crippen LogP contribution in [0.3, 0.4) is 0 Å². The molecule has 0 saturated heterocycles. The SMILES string of the molecule is COCC(C)(CC(=O)O)NC(=O)Cc1cc(C)ccc1C. The Morgan fingerprint density at radius 1 is 1.33 bits per heavy atom. The van der Waals surface area contributed by atoms with Gasteiger partial charge in [0.1, 0.15) is 0 Å². The predicted octanol–water partition coefficient (Wildman–Crippen LogP) is 1.84. The molecule has 1 atom stereocenters. The average molecular weight is 293 g/mol. The fourth-order valence-electron chi connectivity index (χ4n) is 2.33. The molecule has 0 saturated carbocycles. The van der Waals surface area contributed by atoms with Crippen molar-refractivity contribution in [2.75, 3.05) is 13.7 Å². The summed E-state index contributed by atoms with van der Waals surface area (Å²) in [5.74, 6) is -1.17. The number of amides is 1. The van der Waals surface area contributed by atoms with E-state index in [4.69, 9.17) is 9.84 Å². The Kier molecular flexibility index (Phi) is 5.90. The fourth-order valence-corrected chi connectivity index (χ4v) is 2.33. The zero-order valence-corrected chi connectivity index (χ0v) is 13.0. The summed E-state index contributed by atoms with van der Waals surface area (Å²) in [4.78, 5) is 23.1. The third-order valence-electron chi connectivity index (χ3n) is 3.30. The minimum atomic E-state index is -0.971. The van der Waals surface area contributed by atoms with E-state index in [9.17, 15) is 9.59 Å². The van der Waals surface area contributed by atoms with Gasteiger partial charge in [0.05, 0.1) is 25.0 Å². The van der Waals surface area contributed by atoms with E-state index in [2.05, 4.69) is 5.32 Å². The van der Waals surface area contributed by atoms with Crippen LogP contribution in [-0.2, 0) is 20.7 Å². The highest BCUT2D eigenvalue weighted by molar-refractivity contribution is 5.80. The molecule has 0 aliphatic rings. The normalized spacial score (nSPS) is 13.5. The number of carbonyl (C=O) groups excluding carboxylic acids is 1. The van der Waals surface area contributed by atoms with Crippen molar-refractivity contribution in [1.82, 2.24) is 5.32 Å². The summed E-state index contributed by atoms with van der Waals surface area (Å²) >= 11 is 0. The summed E-state index contributed by atoms with van der Waals surface area (Å²) in [6, 6.07) is 5.94. The van der Waals surface area contributed by atoms with Gasteiger partial charge < -0.3 is 15.2 Å². The number of methoxy groups -OCH3 is 1. The summed E-state index contributed by atoms with van der Waals surface area (Å²) in [6.45, 7) is 5.75. The first-order valence-electron chi connectivity index (χ1n) is 6.83. The van der Waals surface area contributed by atoms with Crippen molar-refractivity contribution in [2.24, 2.45) is 0 Å². The maximum absolute atomic E-state index is 12.2. The Bertz CT molecular complexity index is 527. The number of carbonyl (C=O) groups is 2. The maximum atomic E-state index is 12.2. The van der Waals surface area contributed by atoms with Crippen LogP contribution in [0, 0.1) is 13.8 Å². The minimum absolute atomic E-state index is 0.151. The molecule has 0 spiro atoms. The van der Waals surface area contributed by atoms with Gasteiger partial charge in [0.25, 0.3) is 0 Å². The number of benzene rings is 1. The number of aliphatic carboxylic acids is 1. The van der Waals surface area contributed by atoms with E-state index < -0.39 is 11.5 Å². The molecular weight excluding hydrogens is 270 g/mol. The minimum Gasteiger partial charge on any atom is -0.481 e. The molecular formula is C16H23NO4. The van der Waals surface area contributed by atoms with E-state index in [1.54, 1.807) is 6.92 Å². The van der Waals surface area contributed by atoms with E-state index in [-0.39, 0.29) is 25.4 Å². The Morgan fingerprint density at radius 3 is 2.57 bits per heavy atom. The second kappa shape index (κ2) is 7.22. The van der Waals surface area contributed by atoms with Gasteiger partial charge >= 0.3 is 5.97 Å². The molecule has 0 bridgehead atoms. The van der Waals surface area contributed by atoms with Gasteiger partial charge in [0.2, 0.25) is 5.91 Å². The molecule has 0 aromatic heterocycles. The summed E-state index contributed by atoms with van der Waals surface area (Å²) in [5, 5.41) is 11.7. The molecule has 0 aliphatic heterocycles. The molecule has 5 nitrogen and oxygen atoms in total. The van der Waals surface area contributed by atoms with Gasteiger partial charge in [0.15, 0.2) is 0 Å². The number of aryl methyl sites for hydroxylation is 2. The van der Waals surface area contributed by atoms with Gasteiger partial charge in [-0.05, 0) is 31.9 Å². The Balaban J connectivity index is 2.78. The van der Waals surface area contributed by atoms with Crippen molar-refractivity contribution in [3.8, 4) is 0 Å². The number of nitrogens with one attached hydrogen (secondary N) is 1. The Hall–Kier alpha value is -1.88. The number of carboxylic acid groups (broad SMARTS) is 1. The van der Waals surface area contributed by atoms with Crippen LogP contribution < -0.4 is 5.32 Å². The lowest BCUT2D eigenvalue weighted by molar-refractivity contribution is -0.139. The maximum Gasteiger partial charge on any atom is 0.305 e. The average Bonchev–Trinajstić information content (AvgIpc) is 2.32. The van der Waals surface area contributed by atoms with Crippen molar-refractivity contribution in [3.63, 3.8) is 0 Å². The molecule has 1 aromatic rings. The zero-order chi connectivity index (χ0) is 16.0. The van der Waals surface area contributed by atoms with Gasteiger partial charge in [-0.15, -0.1) is 0 Å². The standard InChI is InChI=1S/C16H23NO4/c1-11-5-6-12(2)13(7-11)8-14(18)17-16(3,10-21-4)9-15(19)20/h5-7H,8-10H2,1-4H3,(H,17,18)(H,19,20). The molecule has 0 fully saturated rings. The summed E-state index contributed by atoms with van der Waals surface area (Å²) in [6.07, 6.45) is 0.0474. The van der Waals surface area contributed by atoms with E-state index in [0.29, 0.717) is 0 Å². The first-order valence-corrected chi connectivity index (χ1v) is 6.83. The third-order valence-corrected chi connectivity index (χ3v) is 3.30. The van der Waals surface area contributed by atoms with Gasteiger partial charge in [-0.2, -0.15) is 0 Å². The van der Waals surface area contributed by atoms with Crippen molar-refractivity contribution in [1.29, 1.82) is 0 Å². The number of ether oxygens (including phenoxy) is 1. The van der Waals surface area contributed by atoms with Crippen LogP contribution in [-0.4, -0.2) is 36.2 Å². The van der Waals surface area contributed by atoms with Crippen LogP contribution in [0.4, 0.5) is 0 Å². The van der Waals surface area contributed by atoms with E-state index in [1.165, 1.54) is 7.11 Å². The van der Waals surface area contributed by atoms with Crippen LogP contribution in [0.25, 0.3) is 0 Å². The molecule has 1 aromatic carbocycles. The molecule has 0 aliphatic carbocycles. The van der Waals surface area contributed by atoms with Crippen LogP contribution in [0.5, 0.6) is 0 Å². The zero-order valence-electron chi connectivity index (χ0n) is 13.0. The fraction of sp³-hybridized carbons (Fsp3) is 0.500. The first kappa shape index (κ1) is 17.2. The molecule has 21 heavy (non-hydrogen) atoms. The van der Waals surface area contributed by atoms with E-state index >= 15 is 0 Å². The number of hydrogen-bond acceptors (Lipinski definition) is 3. The summed E-state index contributed by atoms with van der Waals surface area (Å²) in [5.41, 5.74) is 2.17. The Morgan fingerprint density at radius 2 is 2.00 bits per heavy atom. The quantitative estimate of drug-likeness (QED) is 0.804. The lowest BCUT2D eigenvalue weighted by Crippen LogP contribution is -2.51. The second-order valence-corrected chi connectivity index (χ2v) is 5.72. The highest BCUT2D eigenvalue weighted by Crippen LogP contribution is 2.14. The first-order chi connectivity index (χ1) is 9.75.